The summed E-state index contributed by atoms with van der Waals surface area (Å²) in [7, 11) is 0. The van der Waals surface area contributed by atoms with E-state index < -0.39 is 5.60 Å². The molecule has 0 unspecified atom stereocenters. The second kappa shape index (κ2) is 8.16. The van der Waals surface area contributed by atoms with E-state index in [9.17, 15) is 4.79 Å². The fraction of sp³-hybridized carbons (Fsp3) is 0.941. The summed E-state index contributed by atoms with van der Waals surface area (Å²) in [5, 5.41) is 6.54. The minimum absolute atomic E-state index is 0.317. The van der Waals surface area contributed by atoms with Gasteiger partial charge in [-0.1, -0.05) is 6.92 Å². The first-order valence-electron chi connectivity index (χ1n) is 8.58. The topological polar surface area (TPSA) is 53.6 Å². The molecule has 130 valence electrons. The summed E-state index contributed by atoms with van der Waals surface area (Å²) in [6, 6.07) is 0.549. The molecule has 1 amide bonds. The lowest BCUT2D eigenvalue weighted by Crippen LogP contribution is -2.54. The monoisotopic (exact) mass is 313 g/mol. The van der Waals surface area contributed by atoms with Crippen molar-refractivity contribution < 1.29 is 9.53 Å². The molecular weight excluding hydrogens is 278 g/mol. The molecule has 5 heteroatoms. The van der Waals surface area contributed by atoms with Crippen molar-refractivity contribution in [2.24, 2.45) is 0 Å². The molecule has 1 saturated heterocycles. The highest BCUT2D eigenvalue weighted by Crippen LogP contribution is 2.13. The molecule has 0 aliphatic carbocycles. The van der Waals surface area contributed by atoms with Gasteiger partial charge in [-0.2, -0.15) is 0 Å². The Morgan fingerprint density at radius 3 is 2.27 bits per heavy atom. The summed E-state index contributed by atoms with van der Waals surface area (Å²) in [6.07, 6.45) is 3.24. The molecule has 1 heterocycles. The zero-order valence-electron chi connectivity index (χ0n) is 15.3. The van der Waals surface area contributed by atoms with Crippen LogP contribution < -0.4 is 10.6 Å². The van der Waals surface area contributed by atoms with Gasteiger partial charge in [0, 0.05) is 12.6 Å². The van der Waals surface area contributed by atoms with Gasteiger partial charge in [-0.15, -0.1) is 0 Å². The molecule has 5 nitrogen and oxygen atoms in total. The van der Waals surface area contributed by atoms with Crippen molar-refractivity contribution in [1.82, 2.24) is 15.5 Å². The zero-order valence-corrected chi connectivity index (χ0v) is 15.3. The summed E-state index contributed by atoms with van der Waals surface area (Å²) in [5.74, 6) is 0. The van der Waals surface area contributed by atoms with Gasteiger partial charge >= 0.3 is 6.09 Å². The molecule has 0 spiro atoms. The molecule has 0 aromatic rings. The van der Waals surface area contributed by atoms with Gasteiger partial charge < -0.3 is 20.3 Å². The van der Waals surface area contributed by atoms with Crippen molar-refractivity contribution in [2.45, 2.75) is 78.0 Å². The first-order chi connectivity index (χ1) is 10.1. The molecular formula is C17H35N3O2. The Morgan fingerprint density at radius 1 is 1.18 bits per heavy atom. The minimum atomic E-state index is -0.459. The highest BCUT2D eigenvalue weighted by molar-refractivity contribution is 5.68. The number of amides is 1. The van der Waals surface area contributed by atoms with Crippen LogP contribution in [0.3, 0.4) is 0 Å². The van der Waals surface area contributed by atoms with Crippen molar-refractivity contribution >= 4 is 6.09 Å². The van der Waals surface area contributed by atoms with Gasteiger partial charge in [0.25, 0.3) is 0 Å². The second-order valence-corrected chi connectivity index (χ2v) is 8.01. The maximum atomic E-state index is 11.9. The smallest absolute Gasteiger partial charge is 0.408 e. The summed E-state index contributed by atoms with van der Waals surface area (Å²) in [5.41, 5.74) is -0.775. The Labute approximate surface area is 136 Å². The largest absolute Gasteiger partial charge is 0.444 e. The van der Waals surface area contributed by atoms with Crippen LogP contribution in [0.4, 0.5) is 4.79 Å². The summed E-state index contributed by atoms with van der Waals surface area (Å²) in [6.45, 7) is 16.2. The number of ether oxygens (including phenoxy) is 1. The van der Waals surface area contributed by atoms with Gasteiger partial charge in [0.05, 0.1) is 5.54 Å². The molecule has 2 N–H and O–H groups in total. The van der Waals surface area contributed by atoms with Crippen molar-refractivity contribution in [3.8, 4) is 0 Å². The van der Waals surface area contributed by atoms with Gasteiger partial charge in [-0.25, -0.2) is 4.79 Å². The van der Waals surface area contributed by atoms with E-state index in [4.69, 9.17) is 4.74 Å². The van der Waals surface area contributed by atoms with E-state index in [1.807, 2.05) is 34.6 Å². The van der Waals surface area contributed by atoms with Crippen molar-refractivity contribution in [2.75, 3.05) is 26.2 Å². The number of carbonyl (C=O) groups excluding carboxylic acids is 1. The van der Waals surface area contributed by atoms with Crippen LogP contribution in [0.5, 0.6) is 0 Å². The third kappa shape index (κ3) is 7.99. The summed E-state index contributed by atoms with van der Waals surface area (Å²) < 4.78 is 5.32. The summed E-state index contributed by atoms with van der Waals surface area (Å²) in [4.78, 5) is 14.4. The Kier molecular flexibility index (Phi) is 7.13. The van der Waals surface area contributed by atoms with Crippen LogP contribution in [0.1, 0.15) is 60.8 Å². The molecule has 22 heavy (non-hydrogen) atoms. The number of carbonyl (C=O) groups is 1. The maximum Gasteiger partial charge on any atom is 0.408 e. The predicted octanol–water partition coefficient (Wildman–Crippen LogP) is 2.75. The normalized spacial score (nSPS) is 18.3. The zero-order chi connectivity index (χ0) is 16.8. The Balaban J connectivity index is 2.29. The van der Waals surface area contributed by atoms with E-state index in [-0.39, 0.29) is 11.6 Å². The lowest BCUT2D eigenvalue weighted by Gasteiger charge is -2.35. The molecule has 0 atom stereocenters. The number of alkyl carbamates (subject to hydrolysis) is 1. The third-order valence-electron chi connectivity index (χ3n) is 3.80. The molecule has 0 aromatic carbocycles. The number of rotatable bonds is 6. The fourth-order valence-electron chi connectivity index (χ4n) is 2.70. The summed E-state index contributed by atoms with van der Waals surface area (Å²) >= 11 is 0. The minimum Gasteiger partial charge on any atom is -0.444 e. The van der Waals surface area contributed by atoms with Crippen molar-refractivity contribution in [3.63, 3.8) is 0 Å². The molecule has 1 fully saturated rings. The SMILES string of the molecule is CCCN1CCC(NCC(C)(C)NC(=O)OC(C)(C)C)CC1. The maximum absolute atomic E-state index is 11.9. The molecule has 0 bridgehead atoms. The number of piperidine rings is 1. The Morgan fingerprint density at radius 2 is 1.77 bits per heavy atom. The van der Waals surface area contributed by atoms with Crippen LogP contribution in [0.2, 0.25) is 0 Å². The molecule has 0 radical (unpaired) electrons. The Hall–Kier alpha value is -0.810. The number of hydrogen-bond acceptors (Lipinski definition) is 4. The van der Waals surface area contributed by atoms with Crippen molar-refractivity contribution in [3.05, 3.63) is 0 Å². The van der Waals surface area contributed by atoms with E-state index in [0.29, 0.717) is 6.04 Å². The van der Waals surface area contributed by atoms with Crippen molar-refractivity contribution in [1.29, 1.82) is 0 Å². The Bertz CT molecular complexity index is 342. The highest BCUT2D eigenvalue weighted by Gasteiger charge is 2.26. The number of hydrogen-bond donors (Lipinski definition) is 2. The van der Waals surface area contributed by atoms with Crippen LogP contribution in [0, 0.1) is 0 Å². The van der Waals surface area contributed by atoms with Gasteiger partial charge in [-0.3, -0.25) is 0 Å². The van der Waals surface area contributed by atoms with Gasteiger partial charge in [0.1, 0.15) is 5.60 Å². The first kappa shape index (κ1) is 19.2. The van der Waals surface area contributed by atoms with Crippen LogP contribution in [-0.2, 0) is 4.74 Å². The lowest BCUT2D eigenvalue weighted by molar-refractivity contribution is 0.0469. The van der Waals surface area contributed by atoms with E-state index in [1.165, 1.54) is 38.9 Å². The standard InChI is InChI=1S/C17H35N3O2/c1-7-10-20-11-8-14(9-12-20)18-13-17(5,6)19-15(21)22-16(2,3)4/h14,18H,7-13H2,1-6H3,(H,19,21). The number of likely N-dealkylation sites (tertiary alicyclic amines) is 1. The van der Waals surface area contributed by atoms with Crippen LogP contribution >= 0.6 is 0 Å². The predicted molar refractivity (Wildman–Crippen MR) is 91.2 cm³/mol. The van der Waals surface area contributed by atoms with E-state index in [2.05, 4.69) is 22.5 Å². The second-order valence-electron chi connectivity index (χ2n) is 8.01. The first-order valence-corrected chi connectivity index (χ1v) is 8.58. The fourth-order valence-corrected chi connectivity index (χ4v) is 2.70. The third-order valence-corrected chi connectivity index (χ3v) is 3.80. The molecule has 0 saturated carbocycles. The molecule has 1 aliphatic rings. The van der Waals surface area contributed by atoms with Crippen LogP contribution in [0.15, 0.2) is 0 Å². The number of nitrogens with zero attached hydrogens (tertiary/aromatic N) is 1. The molecule has 0 aromatic heterocycles. The quantitative estimate of drug-likeness (QED) is 0.792. The average Bonchev–Trinajstić information content (AvgIpc) is 2.35. The van der Waals surface area contributed by atoms with Gasteiger partial charge in [0.2, 0.25) is 0 Å². The van der Waals surface area contributed by atoms with E-state index in [0.717, 1.165) is 6.54 Å². The van der Waals surface area contributed by atoms with E-state index >= 15 is 0 Å². The highest BCUT2D eigenvalue weighted by atomic mass is 16.6. The molecule has 1 rings (SSSR count). The van der Waals surface area contributed by atoms with Crippen LogP contribution in [0.25, 0.3) is 0 Å². The van der Waals surface area contributed by atoms with E-state index in [1.54, 1.807) is 0 Å². The van der Waals surface area contributed by atoms with Crippen LogP contribution in [-0.4, -0.2) is 54.4 Å². The average molecular weight is 313 g/mol. The lowest BCUT2D eigenvalue weighted by atomic mass is 10.0. The van der Waals surface area contributed by atoms with Gasteiger partial charge in [0.15, 0.2) is 0 Å². The number of nitrogens with one attached hydrogen (secondary N) is 2. The van der Waals surface area contributed by atoms with Gasteiger partial charge in [-0.05, 0) is 73.5 Å². The molecule has 1 aliphatic heterocycles.